The summed E-state index contributed by atoms with van der Waals surface area (Å²) in [6.07, 6.45) is 5.31. The van der Waals surface area contributed by atoms with Crippen molar-refractivity contribution in [1.29, 1.82) is 0 Å². The van der Waals surface area contributed by atoms with Crippen LogP contribution in [-0.2, 0) is 4.79 Å². The Morgan fingerprint density at radius 3 is 2.52 bits per heavy atom. The minimum Gasteiger partial charge on any atom is -0.359 e. The number of amides is 1. The number of rotatable bonds is 7. The second-order valence-corrected chi connectivity index (χ2v) is 9.73. The van der Waals surface area contributed by atoms with E-state index in [0.29, 0.717) is 18.4 Å². The van der Waals surface area contributed by atoms with Gasteiger partial charge in [0.15, 0.2) is 5.96 Å². The van der Waals surface area contributed by atoms with Crippen molar-refractivity contribution in [2.45, 2.75) is 52.0 Å². The Labute approximate surface area is 209 Å². The van der Waals surface area contributed by atoms with Gasteiger partial charge in [0, 0.05) is 38.0 Å². The zero-order chi connectivity index (χ0) is 21.3. The fourth-order valence-corrected chi connectivity index (χ4v) is 5.37. The van der Waals surface area contributed by atoms with Crippen molar-refractivity contribution in [2.75, 3.05) is 46.3 Å². The monoisotopic (exact) mass is 561 g/mol. The average molecular weight is 562 g/mol. The van der Waals surface area contributed by atoms with E-state index in [1.807, 2.05) is 11.3 Å². The molecule has 3 heterocycles. The number of halogens is 1. The van der Waals surface area contributed by atoms with Gasteiger partial charge in [-0.25, -0.2) is 0 Å². The Balaban J connectivity index is 0.00000341. The predicted octanol–water partition coefficient (Wildman–Crippen LogP) is 3.95. The van der Waals surface area contributed by atoms with E-state index in [0.717, 1.165) is 50.9 Å². The molecule has 31 heavy (non-hydrogen) atoms. The van der Waals surface area contributed by atoms with Crippen molar-refractivity contribution in [3.63, 3.8) is 0 Å². The van der Waals surface area contributed by atoms with Gasteiger partial charge in [0.2, 0.25) is 5.91 Å². The quantitative estimate of drug-likeness (QED) is 0.301. The topological polar surface area (TPSA) is 60.0 Å². The number of carbonyl (C=O) groups excluding carboxylic acids is 1. The summed E-state index contributed by atoms with van der Waals surface area (Å²) >= 11 is 1.85. The van der Waals surface area contributed by atoms with Gasteiger partial charge in [-0.3, -0.25) is 14.7 Å². The number of nitrogens with one attached hydrogen (secondary N) is 2. The SMILES string of the molecule is CCNC(=NCC(c1cccs1)N1CCC(C)CC1)N1CCC(CC(=O)NC)CC1.I. The zero-order valence-corrected chi connectivity index (χ0v) is 22.5. The first-order chi connectivity index (χ1) is 14.6. The summed E-state index contributed by atoms with van der Waals surface area (Å²) in [6, 6.07) is 4.79. The molecule has 0 aromatic carbocycles. The average Bonchev–Trinajstić information content (AvgIpc) is 3.29. The van der Waals surface area contributed by atoms with Crippen LogP contribution in [0.25, 0.3) is 0 Å². The van der Waals surface area contributed by atoms with Crippen LogP contribution in [0.4, 0.5) is 0 Å². The highest BCUT2D eigenvalue weighted by atomic mass is 127. The Hall–Kier alpha value is -0.870. The second-order valence-electron chi connectivity index (χ2n) is 8.75. The number of aliphatic imine (C=N–C) groups is 1. The lowest BCUT2D eigenvalue weighted by atomic mass is 9.93. The largest absolute Gasteiger partial charge is 0.359 e. The van der Waals surface area contributed by atoms with Crippen LogP contribution in [0, 0.1) is 11.8 Å². The lowest BCUT2D eigenvalue weighted by Crippen LogP contribution is -2.46. The molecule has 1 aromatic heterocycles. The van der Waals surface area contributed by atoms with Gasteiger partial charge in [-0.1, -0.05) is 13.0 Å². The predicted molar refractivity (Wildman–Crippen MR) is 141 cm³/mol. The normalized spacial score (nSPS) is 20.2. The zero-order valence-electron chi connectivity index (χ0n) is 19.3. The van der Waals surface area contributed by atoms with E-state index in [4.69, 9.17) is 4.99 Å². The molecule has 1 aromatic rings. The number of thiophene rings is 1. The number of nitrogens with zero attached hydrogens (tertiary/aromatic N) is 3. The summed E-state index contributed by atoms with van der Waals surface area (Å²) in [5, 5.41) is 8.45. The summed E-state index contributed by atoms with van der Waals surface area (Å²) < 4.78 is 0. The molecule has 0 bridgehead atoms. The fourth-order valence-electron chi connectivity index (χ4n) is 4.52. The minimum absolute atomic E-state index is 0. The Kier molecular flexibility index (Phi) is 11.6. The molecular weight excluding hydrogens is 521 g/mol. The van der Waals surface area contributed by atoms with E-state index < -0.39 is 0 Å². The smallest absolute Gasteiger partial charge is 0.220 e. The molecule has 2 saturated heterocycles. The summed E-state index contributed by atoms with van der Waals surface area (Å²) in [6.45, 7) is 10.5. The molecule has 3 rings (SSSR count). The Morgan fingerprint density at radius 2 is 1.94 bits per heavy atom. The van der Waals surface area contributed by atoms with Gasteiger partial charge >= 0.3 is 0 Å². The van der Waals surface area contributed by atoms with Crippen LogP contribution < -0.4 is 10.6 Å². The summed E-state index contributed by atoms with van der Waals surface area (Å²) in [5.41, 5.74) is 0. The third-order valence-corrected chi connectivity index (χ3v) is 7.52. The molecule has 1 atom stereocenters. The maximum atomic E-state index is 11.7. The molecule has 1 unspecified atom stereocenters. The number of hydrogen-bond acceptors (Lipinski definition) is 4. The van der Waals surface area contributed by atoms with Crippen LogP contribution in [0.15, 0.2) is 22.5 Å². The van der Waals surface area contributed by atoms with Gasteiger partial charge in [-0.05, 0) is 69.0 Å². The number of likely N-dealkylation sites (tertiary alicyclic amines) is 2. The number of hydrogen-bond donors (Lipinski definition) is 2. The van der Waals surface area contributed by atoms with Gasteiger partial charge in [-0.2, -0.15) is 0 Å². The molecule has 2 N–H and O–H groups in total. The molecule has 8 heteroatoms. The number of guanidine groups is 1. The van der Waals surface area contributed by atoms with Crippen molar-refractivity contribution < 1.29 is 4.79 Å². The maximum Gasteiger partial charge on any atom is 0.220 e. The van der Waals surface area contributed by atoms with Gasteiger partial charge in [0.1, 0.15) is 0 Å². The van der Waals surface area contributed by atoms with Crippen LogP contribution in [-0.4, -0.2) is 68.0 Å². The standard InChI is InChI=1S/C23H39N5OS.HI/c1-4-25-23(28-13-9-19(10-14-28)16-22(29)24-3)26-17-20(21-6-5-15-30-21)27-11-7-18(2)8-12-27;/h5-6,15,18-20H,4,7-14,16-17H2,1-3H3,(H,24,29)(H,25,26);1H. The summed E-state index contributed by atoms with van der Waals surface area (Å²) in [4.78, 5) is 23.2. The lowest BCUT2D eigenvalue weighted by Gasteiger charge is -2.37. The van der Waals surface area contributed by atoms with E-state index in [1.165, 1.54) is 30.8 Å². The first kappa shape index (κ1) is 26.4. The molecule has 0 spiro atoms. The molecule has 0 radical (unpaired) electrons. The van der Waals surface area contributed by atoms with E-state index in [2.05, 4.69) is 51.8 Å². The van der Waals surface area contributed by atoms with Crippen molar-refractivity contribution in [3.8, 4) is 0 Å². The van der Waals surface area contributed by atoms with Crippen LogP contribution in [0.5, 0.6) is 0 Å². The van der Waals surface area contributed by atoms with Crippen LogP contribution in [0.3, 0.4) is 0 Å². The molecule has 0 aliphatic carbocycles. The van der Waals surface area contributed by atoms with Crippen molar-refractivity contribution in [3.05, 3.63) is 22.4 Å². The molecule has 2 aliphatic rings. The first-order valence-electron chi connectivity index (χ1n) is 11.6. The summed E-state index contributed by atoms with van der Waals surface area (Å²) in [7, 11) is 1.72. The highest BCUT2D eigenvalue weighted by Crippen LogP contribution is 2.30. The first-order valence-corrected chi connectivity index (χ1v) is 12.5. The molecule has 0 saturated carbocycles. The van der Waals surface area contributed by atoms with Crippen molar-refractivity contribution >= 4 is 47.2 Å². The van der Waals surface area contributed by atoms with Crippen molar-refractivity contribution in [1.82, 2.24) is 20.4 Å². The molecule has 2 fully saturated rings. The molecule has 1 amide bonds. The Bertz CT molecular complexity index is 668. The highest BCUT2D eigenvalue weighted by Gasteiger charge is 2.27. The second kappa shape index (κ2) is 13.6. The Morgan fingerprint density at radius 1 is 1.23 bits per heavy atom. The van der Waals surface area contributed by atoms with Gasteiger partial charge in [0.05, 0.1) is 12.6 Å². The maximum absolute atomic E-state index is 11.7. The van der Waals surface area contributed by atoms with E-state index in [-0.39, 0.29) is 29.9 Å². The molecule has 176 valence electrons. The van der Waals surface area contributed by atoms with Crippen LogP contribution >= 0.6 is 35.3 Å². The molecule has 2 aliphatic heterocycles. The third-order valence-electron chi connectivity index (χ3n) is 6.55. The number of piperidine rings is 2. The number of carbonyl (C=O) groups is 1. The third kappa shape index (κ3) is 7.89. The van der Waals surface area contributed by atoms with Gasteiger partial charge in [-0.15, -0.1) is 35.3 Å². The van der Waals surface area contributed by atoms with E-state index >= 15 is 0 Å². The van der Waals surface area contributed by atoms with E-state index in [9.17, 15) is 4.79 Å². The van der Waals surface area contributed by atoms with Crippen LogP contribution in [0.1, 0.15) is 56.9 Å². The highest BCUT2D eigenvalue weighted by molar-refractivity contribution is 14.0. The summed E-state index contributed by atoms with van der Waals surface area (Å²) in [5.74, 6) is 2.51. The van der Waals surface area contributed by atoms with Gasteiger partial charge in [0.25, 0.3) is 0 Å². The van der Waals surface area contributed by atoms with Gasteiger partial charge < -0.3 is 15.5 Å². The molecule has 6 nitrogen and oxygen atoms in total. The fraction of sp³-hybridized carbons (Fsp3) is 0.739. The van der Waals surface area contributed by atoms with Crippen LogP contribution in [0.2, 0.25) is 0 Å². The molecular formula is C23H40IN5OS. The van der Waals surface area contributed by atoms with Crippen molar-refractivity contribution in [2.24, 2.45) is 16.8 Å². The minimum atomic E-state index is 0. The lowest BCUT2D eigenvalue weighted by molar-refractivity contribution is -0.121. The van der Waals surface area contributed by atoms with E-state index in [1.54, 1.807) is 7.05 Å².